The number of benzene rings is 2. The Bertz CT molecular complexity index is 2310. The lowest BCUT2D eigenvalue weighted by molar-refractivity contribution is -0.228. The first-order valence-electron chi connectivity index (χ1n) is 20.4. The van der Waals surface area contributed by atoms with Crippen molar-refractivity contribution < 1.29 is 38.4 Å². The average Bonchev–Trinajstić information content (AvgIpc) is 3.86. The van der Waals surface area contributed by atoms with Crippen LogP contribution in [0.1, 0.15) is 68.8 Å². The molecule has 0 radical (unpaired) electrons. The first kappa shape index (κ1) is 39.3. The summed E-state index contributed by atoms with van der Waals surface area (Å²) in [5, 5.41) is 14.3. The molecule has 13 heteroatoms. The molecule has 1 saturated carbocycles. The second-order valence-electron chi connectivity index (χ2n) is 17.3. The van der Waals surface area contributed by atoms with Crippen LogP contribution in [0.4, 0.5) is 5.69 Å². The van der Waals surface area contributed by atoms with Gasteiger partial charge in [-0.3, -0.25) is 19.4 Å². The van der Waals surface area contributed by atoms with E-state index in [1.54, 1.807) is 7.11 Å². The van der Waals surface area contributed by atoms with Crippen molar-refractivity contribution in [2.75, 3.05) is 59.5 Å². The van der Waals surface area contributed by atoms with E-state index in [1.165, 1.54) is 26.7 Å². The molecule has 6 heterocycles. The van der Waals surface area contributed by atoms with Gasteiger partial charge in [0.25, 0.3) is 0 Å². The van der Waals surface area contributed by atoms with Crippen LogP contribution in [0.15, 0.2) is 58.6 Å². The maximum atomic E-state index is 15.2. The number of esters is 3. The Labute approximate surface area is 347 Å². The summed E-state index contributed by atoms with van der Waals surface area (Å²) in [7, 11) is 6.21. The van der Waals surface area contributed by atoms with Gasteiger partial charge in [0.15, 0.2) is 6.10 Å². The minimum Gasteiger partial charge on any atom is -0.496 e. The van der Waals surface area contributed by atoms with Crippen molar-refractivity contribution in [1.82, 2.24) is 14.8 Å². The van der Waals surface area contributed by atoms with Crippen molar-refractivity contribution in [3.05, 3.63) is 81.0 Å². The van der Waals surface area contributed by atoms with E-state index < -0.39 is 51.9 Å². The van der Waals surface area contributed by atoms with Gasteiger partial charge in [-0.2, -0.15) is 0 Å². The number of aromatic amines is 1. The predicted octanol–water partition coefficient (Wildman–Crippen LogP) is 5.52. The first-order chi connectivity index (χ1) is 27.8. The zero-order valence-electron chi connectivity index (χ0n) is 34.3. The van der Waals surface area contributed by atoms with Gasteiger partial charge in [-0.05, 0) is 73.5 Å². The van der Waals surface area contributed by atoms with Crippen molar-refractivity contribution in [2.24, 2.45) is 11.3 Å². The molecular weight excluding hydrogens is 804 g/mol. The van der Waals surface area contributed by atoms with Crippen LogP contribution in [0, 0.1) is 11.3 Å². The molecular formula is C45H53BrN4O8. The van der Waals surface area contributed by atoms with E-state index in [0.717, 1.165) is 57.4 Å². The molecule has 6 aliphatic rings. The maximum Gasteiger partial charge on any atom is 0.344 e. The monoisotopic (exact) mass is 856 g/mol. The molecule has 1 aliphatic carbocycles. The molecule has 9 atom stereocenters. The van der Waals surface area contributed by atoms with Crippen LogP contribution in [0.3, 0.4) is 0 Å². The molecule has 58 heavy (non-hydrogen) atoms. The van der Waals surface area contributed by atoms with Gasteiger partial charge in [-0.15, -0.1) is 0 Å². The summed E-state index contributed by atoms with van der Waals surface area (Å²) in [4.78, 5) is 53.2. The number of methoxy groups -OCH3 is 3. The summed E-state index contributed by atoms with van der Waals surface area (Å²) in [6.45, 7) is 9.13. The average molecular weight is 858 g/mol. The van der Waals surface area contributed by atoms with Gasteiger partial charge in [0.05, 0.1) is 27.4 Å². The van der Waals surface area contributed by atoms with E-state index in [-0.39, 0.29) is 12.0 Å². The Balaban J connectivity index is 1.37. The highest BCUT2D eigenvalue weighted by atomic mass is 79.9. The second-order valence-corrected chi connectivity index (χ2v) is 18.2. The molecule has 2 N–H and O–H groups in total. The Hall–Kier alpha value is -4.17. The Kier molecular flexibility index (Phi) is 9.27. The van der Waals surface area contributed by atoms with Gasteiger partial charge < -0.3 is 33.9 Å². The van der Waals surface area contributed by atoms with Gasteiger partial charge in [0.2, 0.25) is 5.60 Å². The van der Waals surface area contributed by atoms with Crippen molar-refractivity contribution in [1.29, 1.82) is 0 Å². The molecule has 2 bridgehead atoms. The topological polar surface area (TPSA) is 134 Å². The Morgan fingerprint density at radius 3 is 2.48 bits per heavy atom. The number of carbonyl (C=O) groups excluding carboxylic acids is 3. The Morgan fingerprint density at radius 2 is 1.79 bits per heavy atom. The number of ether oxygens (including phenoxy) is 4. The largest absolute Gasteiger partial charge is 0.496 e. The Morgan fingerprint density at radius 1 is 1.02 bits per heavy atom. The van der Waals surface area contributed by atoms with E-state index in [2.05, 4.69) is 68.0 Å². The predicted molar refractivity (Wildman–Crippen MR) is 222 cm³/mol. The van der Waals surface area contributed by atoms with Crippen LogP contribution >= 0.6 is 15.9 Å². The number of carbonyl (C=O) groups is 3. The van der Waals surface area contributed by atoms with E-state index in [1.807, 2.05) is 37.1 Å². The van der Waals surface area contributed by atoms with Crippen molar-refractivity contribution in [3.63, 3.8) is 0 Å². The number of H-pyrrole nitrogens is 1. The molecule has 1 spiro atoms. The highest BCUT2D eigenvalue weighted by Crippen LogP contribution is 2.68. The molecule has 3 aromatic rings. The number of rotatable bonds is 7. The fourth-order valence-corrected chi connectivity index (χ4v) is 13.2. The number of anilines is 1. The highest BCUT2D eigenvalue weighted by molar-refractivity contribution is 9.10. The van der Waals surface area contributed by atoms with Crippen LogP contribution in [0.2, 0.25) is 0 Å². The smallest absolute Gasteiger partial charge is 0.344 e. The van der Waals surface area contributed by atoms with Crippen LogP contribution in [-0.4, -0.2) is 116 Å². The lowest BCUT2D eigenvalue weighted by Gasteiger charge is -2.63. The van der Waals surface area contributed by atoms with Crippen molar-refractivity contribution in [3.8, 4) is 5.75 Å². The number of aliphatic hydroxyl groups is 1. The van der Waals surface area contributed by atoms with E-state index >= 15 is 4.79 Å². The minimum absolute atomic E-state index is 0.0161. The molecule has 2 unspecified atom stereocenters. The van der Waals surface area contributed by atoms with E-state index in [4.69, 9.17) is 18.9 Å². The maximum absolute atomic E-state index is 15.2. The van der Waals surface area contributed by atoms with E-state index in [0.29, 0.717) is 50.2 Å². The fraction of sp³-hybridized carbons (Fsp3) is 0.533. The molecule has 2 fully saturated rings. The summed E-state index contributed by atoms with van der Waals surface area (Å²) in [6, 6.07) is 9.08. The van der Waals surface area contributed by atoms with Gasteiger partial charge >= 0.3 is 17.9 Å². The summed E-state index contributed by atoms with van der Waals surface area (Å²) in [6.07, 6.45) is 7.63. The third-order valence-electron chi connectivity index (χ3n) is 14.8. The lowest BCUT2D eigenvalue weighted by Crippen LogP contribution is -2.81. The number of nitrogens with zero attached hydrogens (tertiary/aromatic N) is 3. The van der Waals surface area contributed by atoms with Crippen molar-refractivity contribution >= 4 is 50.4 Å². The number of likely N-dealkylation sites (N-methyl/N-ethyl adjacent to an activating group) is 1. The van der Waals surface area contributed by atoms with Crippen LogP contribution < -0.4 is 9.64 Å². The highest BCUT2D eigenvalue weighted by Gasteiger charge is 2.80. The summed E-state index contributed by atoms with van der Waals surface area (Å²) in [5.74, 6) is -1.35. The molecule has 5 aliphatic heterocycles. The lowest BCUT2D eigenvalue weighted by atomic mass is 9.47. The molecule has 9 rings (SSSR count). The first-order valence-corrected chi connectivity index (χ1v) is 21.2. The van der Waals surface area contributed by atoms with Crippen LogP contribution in [-0.2, 0) is 46.0 Å². The minimum atomic E-state index is -2.28. The molecule has 1 aromatic heterocycles. The SMILES string of the molecule is CCC1=C[C@H]2CN(C1)Cc1c([nH]c3ccc(Br)cc13)[C@@](C(=O)OC)(c1cc3c(cc1OC)N(C)[C@@H]1C34CCN3CC=C[C@](CC)([C@H]34)[C@@H](OC(C)=O)[C@]1(O)C(=O)OC)C2. The number of aromatic nitrogens is 1. The third kappa shape index (κ3) is 4.99. The summed E-state index contributed by atoms with van der Waals surface area (Å²) in [5.41, 5.74) is 0.912. The van der Waals surface area contributed by atoms with Crippen molar-refractivity contribution in [2.45, 2.75) is 87.6 Å². The number of hydrogen-bond acceptors (Lipinski definition) is 11. The fourth-order valence-electron chi connectivity index (χ4n) is 12.9. The molecule has 12 nitrogen and oxygen atoms in total. The summed E-state index contributed by atoms with van der Waals surface area (Å²) < 4.78 is 24.9. The standard InChI is InChI=1S/C45H53BrN4O8/c1-8-26-17-27-21-44(40(52)56-6,36-30(24-49(22-26)23-27)29-18-28(46)11-12-33(29)47-36)32-19-31-34(20-35(32)55-5)48(4)38-43(31)14-16-50-15-10-13-42(9-2,37(43)50)39(58-25(3)51)45(38,54)41(53)57-7/h10-13,17-20,27,37-39,47,54H,8-9,14-16,21-24H2,1-7H3/t27-,37+,38-,39-,42-,43?,44+,45+/m1/s1. The van der Waals surface area contributed by atoms with Gasteiger partial charge in [0.1, 0.15) is 11.2 Å². The number of hydrogen-bond donors (Lipinski definition) is 2. The second kappa shape index (κ2) is 13.7. The van der Waals surface area contributed by atoms with E-state index in [9.17, 15) is 14.7 Å². The number of halogens is 1. The van der Waals surface area contributed by atoms with Gasteiger partial charge in [-0.1, -0.05) is 53.6 Å². The molecule has 308 valence electrons. The quantitative estimate of drug-likeness (QED) is 0.177. The molecule has 0 amide bonds. The molecule has 1 saturated heterocycles. The number of fused-ring (bicyclic) bond motifs is 6. The number of nitrogens with one attached hydrogen (secondary N) is 1. The zero-order valence-corrected chi connectivity index (χ0v) is 35.9. The van der Waals surface area contributed by atoms with Crippen LogP contribution in [0.5, 0.6) is 5.75 Å². The van der Waals surface area contributed by atoms with Gasteiger partial charge in [-0.25, -0.2) is 4.79 Å². The van der Waals surface area contributed by atoms with Gasteiger partial charge in [0, 0.05) is 95.4 Å². The zero-order chi connectivity index (χ0) is 41.1. The summed E-state index contributed by atoms with van der Waals surface area (Å²) >= 11 is 3.72. The molecule has 2 aromatic carbocycles. The normalized spacial score (nSPS) is 34.5. The van der Waals surface area contributed by atoms with Crippen LogP contribution in [0.25, 0.3) is 10.9 Å². The third-order valence-corrected chi connectivity index (χ3v) is 15.3.